The highest BCUT2D eigenvalue weighted by atomic mass is 19.4. The second-order valence-electron chi connectivity index (χ2n) is 9.85. The van der Waals surface area contributed by atoms with E-state index >= 15 is 0 Å². The molecule has 0 atom stereocenters. The molecule has 0 unspecified atom stereocenters. The maximum atomic E-state index is 13.8. The van der Waals surface area contributed by atoms with Gasteiger partial charge in [-0.3, -0.25) is 9.59 Å². The van der Waals surface area contributed by atoms with Crippen molar-refractivity contribution in [2.75, 3.05) is 12.4 Å². The number of anilines is 1. The number of benzene rings is 3. The highest BCUT2D eigenvalue weighted by molar-refractivity contribution is 6.07. The lowest BCUT2D eigenvalue weighted by Gasteiger charge is -2.35. The van der Waals surface area contributed by atoms with Crippen LogP contribution in [0.25, 0.3) is 0 Å². The van der Waals surface area contributed by atoms with Gasteiger partial charge in [-0.25, -0.2) is 4.99 Å². The highest BCUT2D eigenvalue weighted by Gasteiger charge is 2.41. The minimum atomic E-state index is -4.74. The zero-order chi connectivity index (χ0) is 29.4. The lowest BCUT2D eigenvalue weighted by molar-refractivity contribution is -0.157. The van der Waals surface area contributed by atoms with Gasteiger partial charge >= 0.3 is 12.1 Å². The van der Waals surface area contributed by atoms with E-state index in [1.807, 2.05) is 30.3 Å². The molecule has 1 aliphatic carbocycles. The Hall–Kier alpha value is -4.60. The molecule has 0 radical (unpaired) electrons. The van der Waals surface area contributed by atoms with Crippen LogP contribution in [0.3, 0.4) is 0 Å². The molecule has 1 amide bonds. The molecule has 1 fully saturated rings. The molecule has 0 spiro atoms. The summed E-state index contributed by atoms with van der Waals surface area (Å²) in [6.45, 7) is 0.515. The van der Waals surface area contributed by atoms with E-state index in [9.17, 15) is 22.8 Å². The summed E-state index contributed by atoms with van der Waals surface area (Å²) in [7, 11) is 1.68. The molecule has 1 aliphatic rings. The Bertz CT molecular complexity index is 1390. The number of nitrogens with zero attached hydrogens (tertiary/aromatic N) is 2. The molecule has 0 bridgehead atoms. The van der Waals surface area contributed by atoms with Gasteiger partial charge in [0, 0.05) is 31.4 Å². The number of amides is 1. The van der Waals surface area contributed by atoms with Crippen LogP contribution in [0.5, 0.6) is 0 Å². The highest BCUT2D eigenvalue weighted by Crippen LogP contribution is 2.36. The molecule has 4 rings (SSSR count). The third-order valence-corrected chi connectivity index (χ3v) is 6.76. The summed E-state index contributed by atoms with van der Waals surface area (Å²) >= 11 is 0. The lowest BCUT2D eigenvalue weighted by Crippen LogP contribution is -2.42. The SMILES string of the molecule is CN(Cc1ccc(NC(=CN)C(=Nc2ccccc2)C(F)(F)F)cc1)C(=O)C1CC(C(=O)OCc2ccccc2)C1. The number of para-hydroxylation sites is 1. The van der Waals surface area contributed by atoms with E-state index in [0.717, 1.165) is 17.3 Å². The Labute approximate surface area is 236 Å². The number of carbonyl (C=O) groups is 2. The Morgan fingerprint density at radius 3 is 2.15 bits per heavy atom. The predicted molar refractivity (Wildman–Crippen MR) is 151 cm³/mol. The van der Waals surface area contributed by atoms with Crippen molar-refractivity contribution in [3.05, 3.63) is 108 Å². The number of carbonyl (C=O) groups excluding carboxylic acids is 2. The Morgan fingerprint density at radius 2 is 1.56 bits per heavy atom. The van der Waals surface area contributed by atoms with Gasteiger partial charge in [-0.2, -0.15) is 13.2 Å². The van der Waals surface area contributed by atoms with Crippen LogP contribution in [0.4, 0.5) is 24.5 Å². The van der Waals surface area contributed by atoms with Crippen molar-refractivity contribution in [3.8, 4) is 0 Å². The van der Waals surface area contributed by atoms with E-state index in [-0.39, 0.29) is 41.7 Å². The summed E-state index contributed by atoms with van der Waals surface area (Å²) in [5, 5.41) is 2.69. The molecule has 7 nitrogen and oxygen atoms in total. The topological polar surface area (TPSA) is 97.0 Å². The molecule has 3 aromatic carbocycles. The first-order valence-electron chi connectivity index (χ1n) is 13.1. The summed E-state index contributed by atoms with van der Waals surface area (Å²) in [4.78, 5) is 30.5. The van der Waals surface area contributed by atoms with Crippen molar-refractivity contribution < 1.29 is 27.5 Å². The van der Waals surface area contributed by atoms with Gasteiger partial charge in [0.05, 0.1) is 17.3 Å². The van der Waals surface area contributed by atoms with Gasteiger partial charge in [0.25, 0.3) is 0 Å². The molecule has 0 aliphatic heterocycles. The summed E-state index contributed by atoms with van der Waals surface area (Å²) in [6, 6.07) is 23.9. The van der Waals surface area contributed by atoms with E-state index in [2.05, 4.69) is 10.3 Å². The zero-order valence-electron chi connectivity index (χ0n) is 22.5. The first-order chi connectivity index (χ1) is 19.6. The summed E-state index contributed by atoms with van der Waals surface area (Å²) < 4.78 is 46.7. The number of allylic oxidation sites excluding steroid dienone is 1. The van der Waals surface area contributed by atoms with Crippen LogP contribution >= 0.6 is 0 Å². The monoisotopic (exact) mass is 564 g/mol. The van der Waals surface area contributed by atoms with E-state index in [1.54, 1.807) is 54.4 Å². The molecule has 41 heavy (non-hydrogen) atoms. The van der Waals surface area contributed by atoms with Gasteiger partial charge < -0.3 is 20.7 Å². The van der Waals surface area contributed by atoms with Gasteiger partial charge in [0.15, 0.2) is 5.71 Å². The van der Waals surface area contributed by atoms with E-state index in [1.165, 1.54) is 12.1 Å². The van der Waals surface area contributed by atoms with Crippen LogP contribution in [0.15, 0.2) is 102 Å². The van der Waals surface area contributed by atoms with Gasteiger partial charge in [-0.05, 0) is 48.2 Å². The van der Waals surface area contributed by atoms with E-state index < -0.39 is 11.9 Å². The van der Waals surface area contributed by atoms with E-state index in [4.69, 9.17) is 10.5 Å². The fourth-order valence-electron chi connectivity index (χ4n) is 4.46. The Morgan fingerprint density at radius 1 is 0.951 bits per heavy atom. The number of hydrogen-bond acceptors (Lipinski definition) is 6. The number of alkyl halides is 3. The molecule has 0 heterocycles. The predicted octanol–water partition coefficient (Wildman–Crippen LogP) is 5.96. The van der Waals surface area contributed by atoms with Gasteiger partial charge in [-0.1, -0.05) is 60.7 Å². The van der Waals surface area contributed by atoms with Gasteiger partial charge in [-0.15, -0.1) is 0 Å². The third kappa shape index (κ3) is 7.97. The number of rotatable bonds is 10. The van der Waals surface area contributed by atoms with E-state index in [0.29, 0.717) is 25.1 Å². The molecular weight excluding hydrogens is 533 g/mol. The number of ether oxygens (including phenoxy) is 1. The van der Waals surface area contributed by atoms with Crippen LogP contribution < -0.4 is 11.1 Å². The van der Waals surface area contributed by atoms with Crippen LogP contribution in [-0.4, -0.2) is 35.7 Å². The third-order valence-electron chi connectivity index (χ3n) is 6.76. The van der Waals surface area contributed by atoms with Crippen molar-refractivity contribution in [2.45, 2.75) is 32.2 Å². The Balaban J connectivity index is 1.29. The van der Waals surface area contributed by atoms with Gasteiger partial charge in [0.1, 0.15) is 6.61 Å². The van der Waals surface area contributed by atoms with Gasteiger partial charge in [0.2, 0.25) is 5.91 Å². The summed E-state index contributed by atoms with van der Waals surface area (Å²) in [6.07, 6.45) is -3.02. The van der Waals surface area contributed by atoms with Crippen molar-refractivity contribution in [1.82, 2.24) is 4.90 Å². The van der Waals surface area contributed by atoms with Crippen LogP contribution in [0.2, 0.25) is 0 Å². The maximum absolute atomic E-state index is 13.8. The lowest BCUT2D eigenvalue weighted by atomic mass is 9.74. The molecule has 3 N–H and O–H groups in total. The molecule has 214 valence electrons. The number of esters is 1. The molecule has 3 aromatic rings. The largest absolute Gasteiger partial charge is 0.461 e. The first-order valence-corrected chi connectivity index (χ1v) is 13.1. The second-order valence-corrected chi connectivity index (χ2v) is 9.85. The molecule has 1 saturated carbocycles. The standard InChI is InChI=1S/C31H31F3N4O3/c1-38(29(39)23-16-24(17-23)30(40)41-20-22-8-4-2-5-9-22)19-21-12-14-26(15-13-21)36-27(18-35)28(31(32,33)34)37-25-10-6-3-7-11-25/h2-15,18,23-24,36H,16-17,19-20,35H2,1H3. The minimum Gasteiger partial charge on any atom is -0.461 e. The number of nitrogens with two attached hydrogens (primary N) is 1. The van der Waals surface area contributed by atoms with Crippen LogP contribution in [-0.2, 0) is 27.5 Å². The van der Waals surface area contributed by atoms with Crippen LogP contribution in [0.1, 0.15) is 24.0 Å². The quantitative estimate of drug-likeness (QED) is 0.234. The average Bonchev–Trinajstić information content (AvgIpc) is 2.94. The molecule has 0 aromatic heterocycles. The Kier molecular flexibility index (Phi) is 9.44. The summed E-state index contributed by atoms with van der Waals surface area (Å²) in [5.74, 6) is -0.906. The van der Waals surface area contributed by atoms with Crippen LogP contribution in [0, 0.1) is 11.8 Å². The maximum Gasteiger partial charge on any atom is 0.435 e. The molecular formula is C31H31F3N4O3. The number of halogens is 3. The van der Waals surface area contributed by atoms with Crippen molar-refractivity contribution in [2.24, 2.45) is 22.6 Å². The number of aliphatic imine (C=N–C) groups is 1. The fraction of sp³-hybridized carbons (Fsp3) is 0.258. The normalized spacial score (nSPS) is 17.4. The summed E-state index contributed by atoms with van der Waals surface area (Å²) in [5.41, 5.74) is 6.22. The minimum absolute atomic E-state index is 0.0698. The van der Waals surface area contributed by atoms with Crippen molar-refractivity contribution in [3.63, 3.8) is 0 Å². The fourth-order valence-corrected chi connectivity index (χ4v) is 4.46. The average molecular weight is 565 g/mol. The smallest absolute Gasteiger partial charge is 0.435 e. The molecule has 0 saturated heterocycles. The van der Waals surface area contributed by atoms with Crippen molar-refractivity contribution >= 4 is 29.0 Å². The molecule has 10 heteroatoms. The van der Waals surface area contributed by atoms with Crippen molar-refractivity contribution in [1.29, 1.82) is 0 Å². The number of nitrogens with one attached hydrogen (secondary N) is 1. The zero-order valence-corrected chi connectivity index (χ0v) is 22.5. The first kappa shape index (κ1) is 29.4. The second kappa shape index (κ2) is 13.2. The number of hydrogen-bond donors (Lipinski definition) is 2.